The van der Waals surface area contributed by atoms with Gasteiger partial charge >= 0.3 is 0 Å². The standard InChI is InChI=1S/C10H11N3O2/c11-13-12-10(7-14)9(6-15-10)8-4-2-1-3-5-8/h1-5,9,14H,6-7H2/t9-,10+/m1/s1. The van der Waals surface area contributed by atoms with E-state index in [2.05, 4.69) is 10.0 Å². The van der Waals surface area contributed by atoms with Crippen molar-refractivity contribution in [2.24, 2.45) is 5.11 Å². The molecule has 1 aromatic rings. The van der Waals surface area contributed by atoms with Gasteiger partial charge in [0.05, 0.1) is 13.2 Å². The molecule has 5 nitrogen and oxygen atoms in total. The average Bonchev–Trinajstić information content (AvgIpc) is 2.26. The lowest BCUT2D eigenvalue weighted by molar-refractivity contribution is -0.187. The third-order valence-corrected chi connectivity index (χ3v) is 2.69. The van der Waals surface area contributed by atoms with E-state index in [4.69, 9.17) is 10.3 Å². The molecule has 0 aliphatic carbocycles. The normalized spacial score (nSPS) is 29.0. The molecule has 0 amide bonds. The van der Waals surface area contributed by atoms with Crippen LogP contribution in [0.5, 0.6) is 0 Å². The van der Waals surface area contributed by atoms with E-state index in [1.165, 1.54) is 0 Å². The highest BCUT2D eigenvalue weighted by Crippen LogP contribution is 2.41. The van der Waals surface area contributed by atoms with Gasteiger partial charge < -0.3 is 9.84 Å². The molecule has 2 atom stereocenters. The predicted octanol–water partition coefficient (Wildman–Crippen LogP) is 1.80. The fourth-order valence-corrected chi connectivity index (χ4v) is 1.76. The van der Waals surface area contributed by atoms with Crippen molar-refractivity contribution in [3.63, 3.8) is 0 Å². The van der Waals surface area contributed by atoms with Gasteiger partial charge in [-0.25, -0.2) is 0 Å². The van der Waals surface area contributed by atoms with Crippen LogP contribution in [0.2, 0.25) is 0 Å². The van der Waals surface area contributed by atoms with Crippen LogP contribution in [-0.4, -0.2) is 24.0 Å². The number of azide groups is 1. The van der Waals surface area contributed by atoms with E-state index in [1.54, 1.807) is 0 Å². The third kappa shape index (κ3) is 1.57. The van der Waals surface area contributed by atoms with Gasteiger partial charge in [0.2, 0.25) is 0 Å². The van der Waals surface area contributed by atoms with Crippen LogP contribution >= 0.6 is 0 Å². The van der Waals surface area contributed by atoms with Crippen LogP contribution in [0.4, 0.5) is 0 Å². The zero-order chi connectivity index (χ0) is 10.7. The molecule has 1 aliphatic heterocycles. The molecule has 0 spiro atoms. The second-order valence-corrected chi connectivity index (χ2v) is 3.47. The summed E-state index contributed by atoms with van der Waals surface area (Å²) in [6, 6.07) is 9.60. The summed E-state index contributed by atoms with van der Waals surface area (Å²) >= 11 is 0. The van der Waals surface area contributed by atoms with Gasteiger partial charge in [-0.05, 0) is 11.1 Å². The summed E-state index contributed by atoms with van der Waals surface area (Å²) in [6.45, 7) is 0.181. The van der Waals surface area contributed by atoms with Gasteiger partial charge in [0, 0.05) is 10.8 Å². The SMILES string of the molecule is [N-]=[N+]=N[C@@]1(CO)OC[C@@H]1c1ccccc1. The molecule has 2 rings (SSSR count). The lowest BCUT2D eigenvalue weighted by Crippen LogP contribution is -2.52. The Kier molecular flexibility index (Phi) is 2.60. The Morgan fingerprint density at radius 1 is 1.53 bits per heavy atom. The first kappa shape index (κ1) is 9.98. The molecule has 0 unspecified atom stereocenters. The lowest BCUT2D eigenvalue weighted by atomic mass is 9.85. The molecule has 1 N–H and O–H groups in total. The number of aliphatic hydroxyl groups excluding tert-OH is 1. The summed E-state index contributed by atoms with van der Waals surface area (Å²) in [6.07, 6.45) is 0. The molecular formula is C10H11N3O2. The van der Waals surface area contributed by atoms with Crippen LogP contribution in [0.1, 0.15) is 11.5 Å². The van der Waals surface area contributed by atoms with E-state index in [-0.39, 0.29) is 12.5 Å². The topological polar surface area (TPSA) is 78.2 Å². The van der Waals surface area contributed by atoms with Crippen molar-refractivity contribution in [3.05, 3.63) is 46.3 Å². The van der Waals surface area contributed by atoms with E-state index < -0.39 is 5.72 Å². The number of nitrogens with zero attached hydrogens (tertiary/aromatic N) is 3. The molecule has 1 heterocycles. The molecule has 0 saturated carbocycles. The molecule has 0 radical (unpaired) electrons. The van der Waals surface area contributed by atoms with Gasteiger partial charge in [0.15, 0.2) is 5.72 Å². The Hall–Kier alpha value is -1.55. The minimum atomic E-state index is -1.10. The zero-order valence-corrected chi connectivity index (χ0v) is 8.08. The molecule has 5 heteroatoms. The quantitative estimate of drug-likeness (QED) is 0.464. The minimum absolute atomic E-state index is 0.0559. The number of rotatable bonds is 3. The molecule has 78 valence electrons. The van der Waals surface area contributed by atoms with Crippen LogP contribution in [0.25, 0.3) is 10.4 Å². The zero-order valence-electron chi connectivity index (χ0n) is 8.08. The van der Waals surface area contributed by atoms with Crippen molar-refractivity contribution in [2.75, 3.05) is 13.2 Å². The maximum Gasteiger partial charge on any atom is 0.178 e. The van der Waals surface area contributed by atoms with Crippen LogP contribution in [-0.2, 0) is 4.74 Å². The van der Waals surface area contributed by atoms with Crippen molar-refractivity contribution < 1.29 is 9.84 Å². The van der Waals surface area contributed by atoms with Crippen LogP contribution < -0.4 is 0 Å². The van der Waals surface area contributed by atoms with E-state index in [0.29, 0.717) is 6.61 Å². The summed E-state index contributed by atoms with van der Waals surface area (Å²) in [4.78, 5) is 2.72. The van der Waals surface area contributed by atoms with Gasteiger partial charge in [0.1, 0.15) is 0 Å². The highest BCUT2D eigenvalue weighted by atomic mass is 16.6. The summed E-state index contributed by atoms with van der Waals surface area (Å²) < 4.78 is 5.20. The second-order valence-electron chi connectivity index (χ2n) is 3.47. The van der Waals surface area contributed by atoms with Crippen molar-refractivity contribution in [2.45, 2.75) is 11.6 Å². The minimum Gasteiger partial charge on any atom is -0.393 e. The number of hydrogen-bond acceptors (Lipinski definition) is 3. The highest BCUT2D eigenvalue weighted by Gasteiger charge is 2.48. The molecule has 1 aliphatic rings. The van der Waals surface area contributed by atoms with Crippen LogP contribution in [0.3, 0.4) is 0 Å². The van der Waals surface area contributed by atoms with Gasteiger partial charge in [-0.3, -0.25) is 0 Å². The average molecular weight is 205 g/mol. The molecular weight excluding hydrogens is 194 g/mol. The Balaban J connectivity index is 2.28. The first-order valence-electron chi connectivity index (χ1n) is 4.68. The monoisotopic (exact) mass is 205 g/mol. The molecule has 1 fully saturated rings. The smallest absolute Gasteiger partial charge is 0.178 e. The van der Waals surface area contributed by atoms with Crippen molar-refractivity contribution >= 4 is 0 Å². The Morgan fingerprint density at radius 3 is 2.73 bits per heavy atom. The largest absolute Gasteiger partial charge is 0.393 e. The Bertz CT molecular complexity index is 385. The van der Waals surface area contributed by atoms with Gasteiger partial charge in [0.25, 0.3) is 0 Å². The van der Waals surface area contributed by atoms with Gasteiger partial charge in [-0.15, -0.1) is 0 Å². The fourth-order valence-electron chi connectivity index (χ4n) is 1.76. The Morgan fingerprint density at radius 2 is 2.27 bits per heavy atom. The lowest BCUT2D eigenvalue weighted by Gasteiger charge is -2.44. The number of ether oxygens (including phenoxy) is 1. The van der Waals surface area contributed by atoms with E-state index in [0.717, 1.165) is 5.56 Å². The first-order valence-corrected chi connectivity index (χ1v) is 4.68. The maximum atomic E-state index is 9.21. The number of hydrogen-bond donors (Lipinski definition) is 1. The van der Waals surface area contributed by atoms with E-state index in [1.807, 2.05) is 30.3 Å². The number of benzene rings is 1. The van der Waals surface area contributed by atoms with Crippen molar-refractivity contribution in [1.82, 2.24) is 0 Å². The van der Waals surface area contributed by atoms with Crippen molar-refractivity contribution in [3.8, 4) is 0 Å². The third-order valence-electron chi connectivity index (χ3n) is 2.69. The predicted molar refractivity (Wildman–Crippen MR) is 54.1 cm³/mol. The maximum absolute atomic E-state index is 9.21. The molecule has 1 saturated heterocycles. The summed E-state index contributed by atoms with van der Waals surface area (Å²) in [5, 5.41) is 12.8. The van der Waals surface area contributed by atoms with Crippen LogP contribution in [0, 0.1) is 0 Å². The van der Waals surface area contributed by atoms with E-state index in [9.17, 15) is 5.11 Å². The molecule has 0 bridgehead atoms. The number of aliphatic hydroxyl groups is 1. The fraction of sp³-hybridized carbons (Fsp3) is 0.400. The van der Waals surface area contributed by atoms with Crippen LogP contribution in [0.15, 0.2) is 35.4 Å². The highest BCUT2D eigenvalue weighted by molar-refractivity contribution is 5.25. The second kappa shape index (κ2) is 3.90. The molecule has 15 heavy (non-hydrogen) atoms. The summed E-state index contributed by atoms with van der Waals surface area (Å²) in [5.74, 6) is -0.0559. The van der Waals surface area contributed by atoms with Gasteiger partial charge in [-0.2, -0.15) is 0 Å². The molecule has 1 aromatic carbocycles. The first-order chi connectivity index (χ1) is 7.32. The van der Waals surface area contributed by atoms with Gasteiger partial charge in [-0.1, -0.05) is 35.4 Å². The van der Waals surface area contributed by atoms with E-state index >= 15 is 0 Å². The van der Waals surface area contributed by atoms with Crippen molar-refractivity contribution in [1.29, 1.82) is 0 Å². The Labute approximate surface area is 86.9 Å². The molecule has 0 aromatic heterocycles. The summed E-state index contributed by atoms with van der Waals surface area (Å²) in [5.41, 5.74) is 8.35. The summed E-state index contributed by atoms with van der Waals surface area (Å²) in [7, 11) is 0.